The van der Waals surface area contributed by atoms with Crippen molar-refractivity contribution in [2.24, 2.45) is 5.92 Å². The van der Waals surface area contributed by atoms with Crippen molar-refractivity contribution in [3.8, 4) is 11.6 Å². The molecule has 0 radical (unpaired) electrons. The van der Waals surface area contributed by atoms with Crippen LogP contribution in [0, 0.1) is 11.7 Å². The summed E-state index contributed by atoms with van der Waals surface area (Å²) >= 11 is 0. The van der Waals surface area contributed by atoms with Gasteiger partial charge in [-0.15, -0.1) is 0 Å². The van der Waals surface area contributed by atoms with E-state index in [0.717, 1.165) is 0 Å². The molecule has 1 fully saturated rings. The number of carbonyl (C=O) groups is 2. The quantitative estimate of drug-likeness (QED) is 0.585. The first-order valence-electron chi connectivity index (χ1n) is 8.75. The minimum absolute atomic E-state index is 0.0507. The van der Waals surface area contributed by atoms with Crippen molar-refractivity contribution in [2.45, 2.75) is 31.6 Å². The molecule has 0 bridgehead atoms. The molecule has 2 aromatic rings. The Morgan fingerprint density at radius 3 is 2.48 bits per heavy atom. The van der Waals surface area contributed by atoms with Crippen molar-refractivity contribution in [3.63, 3.8) is 0 Å². The molecule has 1 aliphatic rings. The molecule has 0 saturated carbocycles. The molecule has 0 spiro atoms. The Balaban J connectivity index is 1.50. The van der Waals surface area contributed by atoms with Gasteiger partial charge in [-0.2, -0.15) is 13.2 Å². The summed E-state index contributed by atoms with van der Waals surface area (Å²) in [4.78, 5) is 28.0. The number of rotatable bonds is 5. The molecule has 29 heavy (non-hydrogen) atoms. The molecule has 1 aromatic carbocycles. The first-order chi connectivity index (χ1) is 13.7. The van der Waals surface area contributed by atoms with Crippen molar-refractivity contribution in [1.29, 1.82) is 0 Å². The zero-order chi connectivity index (χ0) is 21.0. The normalized spacial score (nSPS) is 19.4. The van der Waals surface area contributed by atoms with E-state index in [4.69, 9.17) is 4.74 Å². The van der Waals surface area contributed by atoms with Crippen LogP contribution in [0.15, 0.2) is 42.6 Å². The Morgan fingerprint density at radius 2 is 1.90 bits per heavy atom. The maximum absolute atomic E-state index is 12.9. The first kappa shape index (κ1) is 20.6. The van der Waals surface area contributed by atoms with Gasteiger partial charge in [0.1, 0.15) is 23.5 Å². The van der Waals surface area contributed by atoms with Gasteiger partial charge in [-0.1, -0.05) is 6.07 Å². The number of alkyl halides is 3. The van der Waals surface area contributed by atoms with E-state index in [1.54, 1.807) is 12.1 Å². The number of nitrogens with one attached hydrogen (secondary N) is 2. The number of aromatic nitrogens is 1. The van der Waals surface area contributed by atoms with Gasteiger partial charge in [0, 0.05) is 18.8 Å². The van der Waals surface area contributed by atoms with Gasteiger partial charge < -0.3 is 15.4 Å². The molecule has 1 aromatic heterocycles. The van der Waals surface area contributed by atoms with Gasteiger partial charge in [-0.3, -0.25) is 9.59 Å². The average molecular weight is 411 g/mol. The van der Waals surface area contributed by atoms with Crippen LogP contribution in [0.2, 0.25) is 0 Å². The number of pyridine rings is 1. The second-order valence-electron chi connectivity index (χ2n) is 6.51. The van der Waals surface area contributed by atoms with Gasteiger partial charge >= 0.3 is 6.18 Å². The number of carbonyl (C=O) groups excluding carboxylic acids is 2. The molecule has 1 aliphatic heterocycles. The Kier molecular flexibility index (Phi) is 6.00. The lowest BCUT2D eigenvalue weighted by Crippen LogP contribution is -2.54. The molecule has 154 valence electrons. The predicted molar refractivity (Wildman–Crippen MR) is 93.3 cm³/mol. The van der Waals surface area contributed by atoms with E-state index in [1.165, 1.54) is 30.5 Å². The summed E-state index contributed by atoms with van der Waals surface area (Å²) in [5, 5.41) is 4.37. The monoisotopic (exact) mass is 411 g/mol. The number of hydrogen-bond acceptors (Lipinski definition) is 4. The van der Waals surface area contributed by atoms with Crippen LogP contribution in [0.5, 0.6) is 11.6 Å². The van der Waals surface area contributed by atoms with Crippen LogP contribution in [0.3, 0.4) is 0 Å². The highest BCUT2D eigenvalue weighted by atomic mass is 19.4. The van der Waals surface area contributed by atoms with E-state index in [1.807, 2.05) is 5.32 Å². The van der Waals surface area contributed by atoms with E-state index in [0.29, 0.717) is 11.3 Å². The van der Waals surface area contributed by atoms with E-state index in [2.05, 4.69) is 10.3 Å². The summed E-state index contributed by atoms with van der Waals surface area (Å²) in [6, 6.07) is 6.65. The van der Waals surface area contributed by atoms with Crippen LogP contribution < -0.4 is 15.4 Å². The maximum Gasteiger partial charge on any atom is 0.408 e. The van der Waals surface area contributed by atoms with Gasteiger partial charge in [0.25, 0.3) is 0 Å². The van der Waals surface area contributed by atoms with Crippen molar-refractivity contribution in [2.75, 3.05) is 0 Å². The number of halogens is 4. The summed E-state index contributed by atoms with van der Waals surface area (Å²) in [6.45, 7) is 0.0507. The molecule has 10 heteroatoms. The van der Waals surface area contributed by atoms with Gasteiger partial charge in [-0.25, -0.2) is 9.37 Å². The fourth-order valence-electron chi connectivity index (χ4n) is 2.82. The number of hydrogen-bond donors (Lipinski definition) is 2. The molecule has 2 unspecified atom stereocenters. The summed E-state index contributed by atoms with van der Waals surface area (Å²) in [7, 11) is 0. The Bertz CT molecular complexity index is 870. The largest absolute Gasteiger partial charge is 0.439 e. The molecule has 1 saturated heterocycles. The van der Waals surface area contributed by atoms with Crippen LogP contribution in [0.1, 0.15) is 18.4 Å². The summed E-state index contributed by atoms with van der Waals surface area (Å²) in [6.07, 6.45) is -3.60. The van der Waals surface area contributed by atoms with E-state index in [9.17, 15) is 27.2 Å². The van der Waals surface area contributed by atoms with Gasteiger partial charge in [0.2, 0.25) is 17.7 Å². The fourth-order valence-corrected chi connectivity index (χ4v) is 2.82. The predicted octanol–water partition coefficient (Wildman–Crippen LogP) is 3.09. The van der Waals surface area contributed by atoms with Gasteiger partial charge in [-0.05, 0) is 42.7 Å². The lowest BCUT2D eigenvalue weighted by molar-refractivity contribution is -0.171. The van der Waals surface area contributed by atoms with Crippen molar-refractivity contribution >= 4 is 11.8 Å². The number of nitrogens with zero attached hydrogens (tertiary/aromatic N) is 1. The molecular weight excluding hydrogens is 394 g/mol. The topological polar surface area (TPSA) is 80.3 Å². The third-order valence-electron chi connectivity index (χ3n) is 4.39. The summed E-state index contributed by atoms with van der Waals surface area (Å²) in [5.41, 5.74) is 0.606. The number of benzene rings is 1. The molecule has 3 rings (SSSR count). The standard InChI is InChI=1S/C19H17F4N3O3/c20-12-2-4-13(5-3-12)29-16-8-1-11(9-24-16)10-25-17(27)14-6-7-15(19(21,22)23)26-18(14)28/h1-5,8-9,14-15H,6-7,10H2,(H,25,27)(H,26,28). The first-order valence-corrected chi connectivity index (χ1v) is 8.75. The van der Waals surface area contributed by atoms with Crippen LogP contribution in [0.4, 0.5) is 17.6 Å². The highest BCUT2D eigenvalue weighted by Crippen LogP contribution is 2.28. The zero-order valence-electron chi connectivity index (χ0n) is 15.0. The Labute approximate surface area is 163 Å². The van der Waals surface area contributed by atoms with Crippen LogP contribution in [-0.4, -0.2) is 29.0 Å². The van der Waals surface area contributed by atoms with Crippen molar-refractivity contribution < 1.29 is 31.9 Å². The minimum Gasteiger partial charge on any atom is -0.439 e. The summed E-state index contributed by atoms with van der Waals surface area (Å²) in [5.74, 6) is -2.47. The van der Waals surface area contributed by atoms with E-state index >= 15 is 0 Å². The molecule has 2 amide bonds. The SMILES string of the molecule is O=C(NCc1ccc(Oc2ccc(F)cc2)nc1)C1CCC(C(F)(F)F)NC1=O. The second-order valence-corrected chi connectivity index (χ2v) is 6.51. The zero-order valence-corrected chi connectivity index (χ0v) is 15.0. The highest BCUT2D eigenvalue weighted by molar-refractivity contribution is 6.00. The average Bonchev–Trinajstić information content (AvgIpc) is 2.68. The van der Waals surface area contributed by atoms with E-state index < -0.39 is 35.8 Å². The number of ether oxygens (including phenoxy) is 1. The smallest absolute Gasteiger partial charge is 0.408 e. The minimum atomic E-state index is -4.53. The summed E-state index contributed by atoms with van der Waals surface area (Å²) < 4.78 is 56.3. The molecule has 2 N–H and O–H groups in total. The lowest BCUT2D eigenvalue weighted by Gasteiger charge is -2.29. The fraction of sp³-hybridized carbons (Fsp3) is 0.316. The lowest BCUT2D eigenvalue weighted by atomic mass is 9.93. The Morgan fingerprint density at radius 1 is 1.17 bits per heavy atom. The van der Waals surface area contributed by atoms with Crippen LogP contribution in [-0.2, 0) is 16.1 Å². The van der Waals surface area contributed by atoms with Crippen LogP contribution >= 0.6 is 0 Å². The van der Waals surface area contributed by atoms with Crippen molar-refractivity contribution in [3.05, 3.63) is 54.0 Å². The van der Waals surface area contributed by atoms with Gasteiger partial charge in [0.05, 0.1) is 0 Å². The third-order valence-corrected chi connectivity index (χ3v) is 4.39. The molecule has 6 nitrogen and oxygen atoms in total. The highest BCUT2D eigenvalue weighted by Gasteiger charge is 2.45. The number of piperidine rings is 1. The van der Waals surface area contributed by atoms with E-state index in [-0.39, 0.29) is 25.3 Å². The molecule has 0 aliphatic carbocycles. The maximum atomic E-state index is 12.9. The molecule has 2 atom stereocenters. The van der Waals surface area contributed by atoms with Crippen LogP contribution in [0.25, 0.3) is 0 Å². The third kappa shape index (κ3) is 5.43. The Hall–Kier alpha value is -3.17. The van der Waals surface area contributed by atoms with Gasteiger partial charge in [0.15, 0.2) is 0 Å². The second kappa shape index (κ2) is 8.46. The molecular formula is C19H17F4N3O3. The number of amides is 2. The molecule has 2 heterocycles. The van der Waals surface area contributed by atoms with Crippen molar-refractivity contribution in [1.82, 2.24) is 15.6 Å².